The predicted octanol–water partition coefficient (Wildman–Crippen LogP) is 1.97. The molecule has 2 aromatic rings. The highest BCUT2D eigenvalue weighted by Crippen LogP contribution is 2.18. The fourth-order valence-electron chi connectivity index (χ4n) is 1.40. The maximum Gasteiger partial charge on any atom is 0.0620 e. The topological polar surface area (TPSA) is 56.0 Å². The van der Waals surface area contributed by atoms with Crippen LogP contribution in [0.1, 0.15) is 5.56 Å². The lowest BCUT2D eigenvalue weighted by atomic mass is 10.3. The van der Waals surface area contributed by atoms with E-state index in [1.807, 2.05) is 24.3 Å². The van der Waals surface area contributed by atoms with Crippen LogP contribution in [0.5, 0.6) is 0 Å². The standard InChI is InChI=1S/C12H12N2OS/c13-11-3-1-2-4-12(11)16(15)9-10-5-7-14-8-6-10/h1-8H,9,13H2. The number of pyridine rings is 1. The van der Waals surface area contributed by atoms with Gasteiger partial charge in [0, 0.05) is 18.1 Å². The first-order valence-corrected chi connectivity index (χ1v) is 6.21. The molecule has 1 aromatic heterocycles. The highest BCUT2D eigenvalue weighted by Gasteiger charge is 2.07. The third-order valence-electron chi connectivity index (χ3n) is 2.21. The number of anilines is 1. The van der Waals surface area contributed by atoms with Crippen molar-refractivity contribution in [3.8, 4) is 0 Å². The molecule has 0 saturated heterocycles. The van der Waals surface area contributed by atoms with Gasteiger partial charge in [0.1, 0.15) is 0 Å². The zero-order valence-corrected chi connectivity index (χ0v) is 9.48. The van der Waals surface area contributed by atoms with Gasteiger partial charge in [-0.2, -0.15) is 0 Å². The molecule has 1 aromatic carbocycles. The molecule has 0 bridgehead atoms. The third-order valence-corrected chi connectivity index (χ3v) is 3.67. The van der Waals surface area contributed by atoms with Gasteiger partial charge in [0.15, 0.2) is 0 Å². The lowest BCUT2D eigenvalue weighted by Gasteiger charge is -2.05. The van der Waals surface area contributed by atoms with E-state index >= 15 is 0 Å². The Morgan fingerprint density at radius 3 is 2.50 bits per heavy atom. The summed E-state index contributed by atoms with van der Waals surface area (Å²) in [5, 5.41) is 0. The average Bonchev–Trinajstić information content (AvgIpc) is 2.31. The molecule has 0 radical (unpaired) electrons. The summed E-state index contributed by atoms with van der Waals surface area (Å²) in [6.07, 6.45) is 3.39. The Morgan fingerprint density at radius 1 is 1.12 bits per heavy atom. The summed E-state index contributed by atoms with van der Waals surface area (Å²) < 4.78 is 12.0. The van der Waals surface area contributed by atoms with E-state index in [2.05, 4.69) is 4.98 Å². The molecule has 2 N–H and O–H groups in total. The molecule has 0 aliphatic heterocycles. The number of nitrogens with two attached hydrogens (primary N) is 1. The second-order valence-corrected chi connectivity index (χ2v) is 4.80. The summed E-state index contributed by atoms with van der Waals surface area (Å²) >= 11 is 0. The number of hydrogen-bond acceptors (Lipinski definition) is 3. The molecule has 2 rings (SSSR count). The van der Waals surface area contributed by atoms with Crippen LogP contribution >= 0.6 is 0 Å². The highest BCUT2D eigenvalue weighted by atomic mass is 32.2. The lowest BCUT2D eigenvalue weighted by molar-refractivity contribution is 0.683. The largest absolute Gasteiger partial charge is 0.398 e. The van der Waals surface area contributed by atoms with Crippen molar-refractivity contribution in [2.45, 2.75) is 10.6 Å². The molecule has 0 fully saturated rings. The van der Waals surface area contributed by atoms with Gasteiger partial charge in [0.25, 0.3) is 0 Å². The van der Waals surface area contributed by atoms with Crippen molar-refractivity contribution in [3.63, 3.8) is 0 Å². The molecule has 0 spiro atoms. The Hall–Kier alpha value is -1.68. The Balaban J connectivity index is 2.19. The molecule has 4 heteroatoms. The second kappa shape index (κ2) is 4.90. The molecule has 1 atom stereocenters. The van der Waals surface area contributed by atoms with Crippen molar-refractivity contribution in [2.24, 2.45) is 0 Å². The molecule has 1 unspecified atom stereocenters. The Bertz CT molecular complexity index is 499. The molecule has 16 heavy (non-hydrogen) atoms. The molecule has 3 nitrogen and oxygen atoms in total. The molecule has 0 aliphatic carbocycles. The average molecular weight is 232 g/mol. The van der Waals surface area contributed by atoms with Gasteiger partial charge in [-0.05, 0) is 29.8 Å². The van der Waals surface area contributed by atoms with E-state index in [0.717, 1.165) is 5.56 Å². The van der Waals surface area contributed by atoms with Gasteiger partial charge < -0.3 is 5.73 Å². The minimum absolute atomic E-state index is 0.469. The third kappa shape index (κ3) is 2.46. The normalized spacial score (nSPS) is 12.2. The van der Waals surface area contributed by atoms with Crippen LogP contribution in [0, 0.1) is 0 Å². The molecular weight excluding hydrogens is 220 g/mol. The summed E-state index contributed by atoms with van der Waals surface area (Å²) in [5.74, 6) is 0.469. The number of nitrogen functional groups attached to an aromatic ring is 1. The number of benzene rings is 1. The minimum atomic E-state index is -1.10. The van der Waals surface area contributed by atoms with Crippen molar-refractivity contribution in [2.75, 3.05) is 5.73 Å². The molecule has 0 aliphatic rings. The van der Waals surface area contributed by atoms with Crippen LogP contribution in [-0.2, 0) is 16.6 Å². The van der Waals surface area contributed by atoms with Crippen LogP contribution < -0.4 is 5.73 Å². The van der Waals surface area contributed by atoms with Gasteiger partial charge in [0.2, 0.25) is 0 Å². The van der Waals surface area contributed by atoms with Crippen LogP contribution in [0.3, 0.4) is 0 Å². The van der Waals surface area contributed by atoms with Crippen LogP contribution in [0.4, 0.5) is 5.69 Å². The summed E-state index contributed by atoms with van der Waals surface area (Å²) in [5.41, 5.74) is 7.35. The highest BCUT2D eigenvalue weighted by molar-refractivity contribution is 7.84. The number of aromatic nitrogens is 1. The van der Waals surface area contributed by atoms with Gasteiger partial charge >= 0.3 is 0 Å². The van der Waals surface area contributed by atoms with Crippen molar-refractivity contribution in [3.05, 3.63) is 54.4 Å². The van der Waals surface area contributed by atoms with E-state index in [0.29, 0.717) is 16.3 Å². The monoisotopic (exact) mass is 232 g/mol. The number of rotatable bonds is 3. The Labute approximate surface area is 96.8 Å². The van der Waals surface area contributed by atoms with Crippen LogP contribution in [0.15, 0.2) is 53.7 Å². The molecule has 0 saturated carbocycles. The fraction of sp³-hybridized carbons (Fsp3) is 0.0833. The quantitative estimate of drug-likeness (QED) is 0.823. The molecule has 1 heterocycles. The van der Waals surface area contributed by atoms with Gasteiger partial charge in [-0.3, -0.25) is 9.19 Å². The van der Waals surface area contributed by atoms with E-state index in [4.69, 9.17) is 5.73 Å². The Kier molecular flexibility index (Phi) is 3.31. The van der Waals surface area contributed by atoms with Crippen molar-refractivity contribution >= 4 is 16.5 Å². The zero-order chi connectivity index (χ0) is 11.4. The molecular formula is C12H12N2OS. The molecule has 0 amide bonds. The maximum atomic E-state index is 12.0. The first kappa shape index (κ1) is 10.8. The van der Waals surface area contributed by atoms with E-state index in [1.165, 1.54) is 0 Å². The predicted molar refractivity (Wildman–Crippen MR) is 65.2 cm³/mol. The van der Waals surface area contributed by atoms with Crippen molar-refractivity contribution in [1.82, 2.24) is 4.98 Å². The van der Waals surface area contributed by atoms with Gasteiger partial charge in [-0.1, -0.05) is 12.1 Å². The summed E-state index contributed by atoms with van der Waals surface area (Å²) in [6, 6.07) is 11.0. The smallest absolute Gasteiger partial charge is 0.0620 e. The van der Waals surface area contributed by atoms with Gasteiger partial charge in [-0.25, -0.2) is 0 Å². The first-order chi connectivity index (χ1) is 7.77. The minimum Gasteiger partial charge on any atom is -0.398 e. The number of para-hydroxylation sites is 1. The Morgan fingerprint density at radius 2 is 1.81 bits per heavy atom. The summed E-state index contributed by atoms with van der Waals surface area (Å²) in [4.78, 5) is 4.61. The fourth-order valence-corrected chi connectivity index (χ4v) is 2.61. The van der Waals surface area contributed by atoms with Crippen LogP contribution in [0.25, 0.3) is 0 Å². The zero-order valence-electron chi connectivity index (χ0n) is 8.67. The molecule has 82 valence electrons. The SMILES string of the molecule is Nc1ccccc1S(=O)Cc1ccncc1. The van der Waals surface area contributed by atoms with E-state index in [-0.39, 0.29) is 0 Å². The van der Waals surface area contributed by atoms with E-state index in [1.54, 1.807) is 24.5 Å². The van der Waals surface area contributed by atoms with Gasteiger partial charge in [-0.15, -0.1) is 0 Å². The second-order valence-electron chi connectivity index (χ2n) is 3.38. The number of hydrogen-bond donors (Lipinski definition) is 1. The van der Waals surface area contributed by atoms with Crippen molar-refractivity contribution < 1.29 is 4.21 Å². The maximum absolute atomic E-state index is 12.0. The van der Waals surface area contributed by atoms with E-state index in [9.17, 15) is 4.21 Å². The van der Waals surface area contributed by atoms with E-state index < -0.39 is 10.8 Å². The van der Waals surface area contributed by atoms with Crippen LogP contribution in [0.2, 0.25) is 0 Å². The number of nitrogens with zero attached hydrogens (tertiary/aromatic N) is 1. The van der Waals surface area contributed by atoms with Crippen LogP contribution in [-0.4, -0.2) is 9.19 Å². The van der Waals surface area contributed by atoms with Crippen molar-refractivity contribution in [1.29, 1.82) is 0 Å². The summed E-state index contributed by atoms with van der Waals surface area (Å²) in [7, 11) is -1.10. The first-order valence-electron chi connectivity index (χ1n) is 4.89. The van der Waals surface area contributed by atoms with Gasteiger partial charge in [0.05, 0.1) is 21.4 Å². The summed E-state index contributed by atoms with van der Waals surface area (Å²) in [6.45, 7) is 0. The lowest BCUT2D eigenvalue weighted by Crippen LogP contribution is -2.00.